The number of hydrogen-bond donors (Lipinski definition) is 0. The van der Waals surface area contributed by atoms with Gasteiger partial charge in [0.2, 0.25) is 0 Å². The van der Waals surface area contributed by atoms with Crippen LogP contribution in [0.1, 0.15) is 53.4 Å². The van der Waals surface area contributed by atoms with Crippen LogP contribution in [0.15, 0.2) is 0 Å². The first-order valence-corrected chi connectivity index (χ1v) is 8.74. The Balaban J connectivity index is 1.94. The van der Waals surface area contributed by atoms with E-state index in [1.54, 1.807) is 4.90 Å². The summed E-state index contributed by atoms with van der Waals surface area (Å²) in [5.74, 6) is 1.34. The number of hydrogen-bond acceptors (Lipinski definition) is 2. The third-order valence-corrected chi connectivity index (χ3v) is 5.60. The summed E-state index contributed by atoms with van der Waals surface area (Å²) in [7, 11) is 0. The summed E-state index contributed by atoms with van der Waals surface area (Å²) in [4.78, 5) is 4.03. The lowest BCUT2D eigenvalue weighted by molar-refractivity contribution is -0.168. The van der Waals surface area contributed by atoms with Crippen LogP contribution in [0.3, 0.4) is 0 Å². The predicted octanol–water partition coefficient (Wildman–Crippen LogP) is 4.16. The van der Waals surface area contributed by atoms with E-state index in [-0.39, 0.29) is 12.1 Å². The van der Waals surface area contributed by atoms with Crippen molar-refractivity contribution in [3.63, 3.8) is 0 Å². The van der Waals surface area contributed by atoms with Crippen LogP contribution < -0.4 is 0 Å². The Morgan fingerprint density at radius 2 is 1.50 bits per heavy atom. The molecule has 2 fully saturated rings. The van der Waals surface area contributed by atoms with E-state index in [4.69, 9.17) is 0 Å². The van der Waals surface area contributed by atoms with E-state index in [1.165, 1.54) is 0 Å². The van der Waals surface area contributed by atoms with Gasteiger partial charge in [-0.1, -0.05) is 13.8 Å². The molecule has 0 unspecified atom stereocenters. The highest BCUT2D eigenvalue weighted by Crippen LogP contribution is 2.35. The van der Waals surface area contributed by atoms with Crippen molar-refractivity contribution < 1.29 is 13.2 Å². The second-order valence-electron chi connectivity index (χ2n) is 7.80. The molecular formula is C17H31F3N2. The minimum Gasteiger partial charge on any atom is -0.298 e. The summed E-state index contributed by atoms with van der Waals surface area (Å²) in [5.41, 5.74) is 0. The summed E-state index contributed by atoms with van der Waals surface area (Å²) in [6.45, 7) is 9.52. The van der Waals surface area contributed by atoms with E-state index >= 15 is 0 Å². The average Bonchev–Trinajstić information content (AvgIpc) is 2.34. The lowest BCUT2D eigenvalue weighted by Gasteiger charge is -2.51. The highest BCUT2D eigenvalue weighted by atomic mass is 19.4. The maximum absolute atomic E-state index is 13.0. The minimum atomic E-state index is -4.09. The van der Waals surface area contributed by atoms with Gasteiger partial charge in [0.15, 0.2) is 0 Å². The van der Waals surface area contributed by atoms with Gasteiger partial charge in [-0.3, -0.25) is 9.80 Å². The number of rotatable bonds is 5. The normalized spacial score (nSPS) is 28.6. The number of likely N-dealkylation sites (tertiary alicyclic amines) is 1. The molecule has 1 heterocycles. The third kappa shape index (κ3) is 4.60. The van der Waals surface area contributed by atoms with E-state index in [2.05, 4.69) is 32.6 Å². The second kappa shape index (κ2) is 7.08. The van der Waals surface area contributed by atoms with Crippen LogP contribution in [0.5, 0.6) is 0 Å². The predicted molar refractivity (Wildman–Crippen MR) is 83.8 cm³/mol. The van der Waals surface area contributed by atoms with Crippen LogP contribution in [0.4, 0.5) is 13.2 Å². The number of nitrogens with zero attached hydrogens (tertiary/aromatic N) is 2. The zero-order valence-electron chi connectivity index (χ0n) is 14.4. The smallest absolute Gasteiger partial charge is 0.298 e. The van der Waals surface area contributed by atoms with Crippen molar-refractivity contribution in [3.8, 4) is 0 Å². The highest BCUT2D eigenvalue weighted by Gasteiger charge is 2.43. The van der Waals surface area contributed by atoms with Gasteiger partial charge in [-0.15, -0.1) is 0 Å². The summed E-state index contributed by atoms with van der Waals surface area (Å²) < 4.78 is 39.0. The van der Waals surface area contributed by atoms with Crippen molar-refractivity contribution in [1.29, 1.82) is 0 Å². The molecule has 2 nitrogen and oxygen atoms in total. The molecule has 0 spiro atoms. The minimum absolute atomic E-state index is 0.0876. The van der Waals surface area contributed by atoms with Crippen molar-refractivity contribution in [1.82, 2.24) is 9.80 Å². The molecular weight excluding hydrogens is 289 g/mol. The first-order valence-electron chi connectivity index (χ1n) is 8.74. The van der Waals surface area contributed by atoms with Gasteiger partial charge in [-0.2, -0.15) is 13.2 Å². The standard InChI is InChI=1S/C17H31F3N2/c1-12(2)14-5-7-15(8-6-14)22(11-17(18,19)20)16-9-21(10-16)13(3)4/h12-16H,5-11H2,1-4H3. The van der Waals surface area contributed by atoms with E-state index < -0.39 is 12.7 Å². The highest BCUT2D eigenvalue weighted by molar-refractivity contribution is 4.94. The van der Waals surface area contributed by atoms with Gasteiger partial charge in [-0.05, 0) is 51.4 Å². The molecule has 0 amide bonds. The van der Waals surface area contributed by atoms with Crippen LogP contribution in [0, 0.1) is 11.8 Å². The average molecular weight is 320 g/mol. The molecule has 5 heteroatoms. The SMILES string of the molecule is CC(C)C1CCC(N(CC(F)(F)F)C2CN(C(C)C)C2)CC1. The molecule has 0 bridgehead atoms. The van der Waals surface area contributed by atoms with Gasteiger partial charge in [0.1, 0.15) is 0 Å². The zero-order valence-corrected chi connectivity index (χ0v) is 14.4. The fourth-order valence-electron chi connectivity index (χ4n) is 3.98. The van der Waals surface area contributed by atoms with Crippen LogP contribution in [0.2, 0.25) is 0 Å². The lowest BCUT2D eigenvalue weighted by Crippen LogP contribution is -2.64. The van der Waals surface area contributed by atoms with Gasteiger partial charge in [-0.25, -0.2) is 0 Å². The zero-order chi connectivity index (χ0) is 16.5. The summed E-state index contributed by atoms with van der Waals surface area (Å²) in [6.07, 6.45) is -0.0734. The Labute approximate surface area is 133 Å². The Hall–Kier alpha value is -0.290. The van der Waals surface area contributed by atoms with Gasteiger partial charge in [0.25, 0.3) is 0 Å². The second-order valence-corrected chi connectivity index (χ2v) is 7.80. The molecule has 130 valence electrons. The molecule has 1 saturated heterocycles. The molecule has 0 aromatic rings. The van der Waals surface area contributed by atoms with Crippen molar-refractivity contribution in [2.75, 3.05) is 19.6 Å². The molecule has 0 radical (unpaired) electrons. The Kier molecular flexibility index (Phi) is 5.81. The maximum Gasteiger partial charge on any atom is 0.401 e. The van der Waals surface area contributed by atoms with E-state index in [0.717, 1.165) is 38.8 Å². The third-order valence-electron chi connectivity index (χ3n) is 5.60. The lowest BCUT2D eigenvalue weighted by atomic mass is 9.78. The molecule has 2 rings (SSSR count). The number of halogens is 3. The molecule has 0 aromatic heterocycles. The summed E-state index contributed by atoms with van der Waals surface area (Å²) in [6, 6.07) is 0.640. The largest absolute Gasteiger partial charge is 0.401 e. The summed E-state index contributed by atoms with van der Waals surface area (Å²) in [5, 5.41) is 0. The molecule has 0 atom stereocenters. The maximum atomic E-state index is 13.0. The first kappa shape index (κ1) is 18.1. The van der Waals surface area contributed by atoms with Gasteiger partial charge < -0.3 is 0 Å². The van der Waals surface area contributed by atoms with Crippen LogP contribution in [-0.2, 0) is 0 Å². The van der Waals surface area contributed by atoms with Crippen LogP contribution in [0.25, 0.3) is 0 Å². The quantitative estimate of drug-likeness (QED) is 0.750. The van der Waals surface area contributed by atoms with Crippen molar-refractivity contribution in [3.05, 3.63) is 0 Å². The van der Waals surface area contributed by atoms with Crippen molar-refractivity contribution in [2.24, 2.45) is 11.8 Å². The molecule has 0 aromatic carbocycles. The van der Waals surface area contributed by atoms with Gasteiger partial charge in [0, 0.05) is 31.2 Å². The molecule has 1 aliphatic carbocycles. The monoisotopic (exact) mass is 320 g/mol. The van der Waals surface area contributed by atoms with E-state index in [9.17, 15) is 13.2 Å². The Bertz CT molecular complexity index is 340. The van der Waals surface area contributed by atoms with Crippen molar-refractivity contribution >= 4 is 0 Å². The molecule has 2 aliphatic rings. The van der Waals surface area contributed by atoms with Crippen molar-refractivity contribution in [2.45, 2.75) is 77.7 Å². The molecule has 1 saturated carbocycles. The molecule has 1 aliphatic heterocycles. The first-order chi connectivity index (χ1) is 10.2. The van der Waals surface area contributed by atoms with E-state index in [0.29, 0.717) is 17.9 Å². The van der Waals surface area contributed by atoms with Gasteiger partial charge >= 0.3 is 6.18 Å². The molecule has 0 N–H and O–H groups in total. The number of alkyl halides is 3. The van der Waals surface area contributed by atoms with Crippen LogP contribution >= 0.6 is 0 Å². The summed E-state index contributed by atoms with van der Waals surface area (Å²) >= 11 is 0. The Morgan fingerprint density at radius 3 is 1.91 bits per heavy atom. The van der Waals surface area contributed by atoms with E-state index in [1.807, 2.05) is 0 Å². The van der Waals surface area contributed by atoms with Gasteiger partial charge in [0.05, 0.1) is 6.54 Å². The molecule has 22 heavy (non-hydrogen) atoms. The fourth-order valence-corrected chi connectivity index (χ4v) is 3.98. The Morgan fingerprint density at radius 1 is 0.955 bits per heavy atom. The van der Waals surface area contributed by atoms with Crippen LogP contribution in [-0.4, -0.2) is 53.7 Å². The topological polar surface area (TPSA) is 6.48 Å². The fraction of sp³-hybridized carbons (Fsp3) is 1.00.